The van der Waals surface area contributed by atoms with Crippen LogP contribution in [0.1, 0.15) is 21.5 Å². The Morgan fingerprint density at radius 2 is 1.58 bits per heavy atom. The Balaban J connectivity index is 1.45. The minimum atomic E-state index is -1.07. The van der Waals surface area contributed by atoms with Crippen LogP contribution < -0.4 is 10.1 Å². The van der Waals surface area contributed by atoms with Gasteiger partial charge in [-0.3, -0.25) is 4.79 Å². The average molecular weight is 460 g/mol. The first kappa shape index (κ1) is 22.4. The standard InChI is InChI=1S/C27H22ClNO4/c28-23-8-4-7-19(13-23)17-33-24-12-11-20-15-22(10-9-21(20)16-24)26(30)29-25(27(31)32)14-18-5-2-1-3-6-18/h1-13,15-16,25H,14,17H2,(H,29,30)(H,31,32)/t25-/m0/s1. The SMILES string of the molecule is O=C(N[C@@H](Cc1ccccc1)C(=O)O)c1ccc2cc(OCc3cccc(Cl)c3)ccc2c1. The molecule has 0 spiro atoms. The number of halogens is 1. The molecule has 1 atom stereocenters. The molecule has 2 N–H and O–H groups in total. The summed E-state index contributed by atoms with van der Waals surface area (Å²) >= 11 is 6.01. The van der Waals surface area contributed by atoms with Crippen molar-refractivity contribution in [1.29, 1.82) is 0 Å². The second-order valence-corrected chi connectivity index (χ2v) is 8.13. The Morgan fingerprint density at radius 3 is 2.33 bits per heavy atom. The first-order valence-electron chi connectivity index (χ1n) is 10.5. The van der Waals surface area contributed by atoms with Gasteiger partial charge in [0.1, 0.15) is 18.4 Å². The van der Waals surface area contributed by atoms with E-state index in [1.54, 1.807) is 12.1 Å². The highest BCUT2D eigenvalue weighted by atomic mass is 35.5. The number of rotatable bonds is 8. The lowest BCUT2D eigenvalue weighted by Crippen LogP contribution is -2.42. The van der Waals surface area contributed by atoms with Gasteiger partial charge in [0.2, 0.25) is 0 Å². The molecule has 0 aliphatic carbocycles. The number of hydrogen-bond donors (Lipinski definition) is 2. The van der Waals surface area contributed by atoms with Gasteiger partial charge in [-0.15, -0.1) is 0 Å². The predicted octanol–water partition coefficient (Wildman–Crippen LogP) is 5.50. The Labute approximate surface area is 196 Å². The fraction of sp³-hybridized carbons (Fsp3) is 0.111. The average Bonchev–Trinajstić information content (AvgIpc) is 2.82. The van der Waals surface area contributed by atoms with Gasteiger partial charge in [-0.1, -0.05) is 66.2 Å². The third-order valence-electron chi connectivity index (χ3n) is 5.25. The number of aliphatic carboxylic acids is 1. The Hall–Kier alpha value is -3.83. The highest BCUT2D eigenvalue weighted by molar-refractivity contribution is 6.30. The minimum Gasteiger partial charge on any atom is -0.489 e. The molecule has 1 amide bonds. The molecule has 0 unspecified atom stereocenters. The number of benzene rings is 4. The number of carboxylic acids is 1. The van der Waals surface area contributed by atoms with Crippen LogP contribution in [0.3, 0.4) is 0 Å². The number of amides is 1. The summed E-state index contributed by atoms with van der Waals surface area (Å²) in [6, 6.07) is 26.6. The zero-order valence-corrected chi connectivity index (χ0v) is 18.5. The van der Waals surface area contributed by atoms with Crippen molar-refractivity contribution in [2.45, 2.75) is 19.1 Å². The second-order valence-electron chi connectivity index (χ2n) is 7.70. The van der Waals surface area contributed by atoms with Crippen LogP contribution in [-0.4, -0.2) is 23.0 Å². The van der Waals surface area contributed by atoms with E-state index >= 15 is 0 Å². The molecule has 0 radical (unpaired) electrons. The summed E-state index contributed by atoms with van der Waals surface area (Å²) in [6.45, 7) is 0.393. The molecule has 0 heterocycles. The quantitative estimate of drug-likeness (QED) is 0.365. The third-order valence-corrected chi connectivity index (χ3v) is 5.49. The number of carboxylic acid groups (broad SMARTS) is 1. The van der Waals surface area contributed by atoms with Crippen molar-refractivity contribution in [3.8, 4) is 5.75 Å². The third kappa shape index (κ3) is 5.90. The Morgan fingerprint density at radius 1 is 0.848 bits per heavy atom. The van der Waals surface area contributed by atoms with Gasteiger partial charge in [0, 0.05) is 17.0 Å². The normalized spacial score (nSPS) is 11.7. The van der Waals surface area contributed by atoms with E-state index in [2.05, 4.69) is 5.32 Å². The first-order chi connectivity index (χ1) is 16.0. The molecule has 0 saturated carbocycles. The molecule has 0 aromatic heterocycles. The lowest BCUT2D eigenvalue weighted by molar-refractivity contribution is -0.139. The van der Waals surface area contributed by atoms with Gasteiger partial charge in [-0.25, -0.2) is 4.79 Å². The Bertz CT molecular complexity index is 1290. The summed E-state index contributed by atoms with van der Waals surface area (Å²) in [7, 11) is 0. The van der Waals surface area contributed by atoms with Crippen molar-refractivity contribution in [3.63, 3.8) is 0 Å². The summed E-state index contributed by atoms with van der Waals surface area (Å²) in [5.74, 6) is -0.801. The first-order valence-corrected chi connectivity index (χ1v) is 10.8. The van der Waals surface area contributed by atoms with Crippen molar-refractivity contribution in [2.24, 2.45) is 0 Å². The molecule has 5 nitrogen and oxygen atoms in total. The van der Waals surface area contributed by atoms with E-state index in [0.29, 0.717) is 22.9 Å². The molecule has 33 heavy (non-hydrogen) atoms. The predicted molar refractivity (Wildman–Crippen MR) is 129 cm³/mol. The van der Waals surface area contributed by atoms with Gasteiger partial charge >= 0.3 is 5.97 Å². The number of hydrogen-bond acceptors (Lipinski definition) is 3. The maximum atomic E-state index is 12.7. The molecule has 0 bridgehead atoms. The molecular formula is C27H22ClNO4. The molecule has 6 heteroatoms. The van der Waals surface area contributed by atoms with Crippen LogP contribution in [0.25, 0.3) is 10.8 Å². The van der Waals surface area contributed by atoms with E-state index < -0.39 is 17.9 Å². The Kier molecular flexibility index (Phi) is 6.91. The summed E-state index contributed by atoms with van der Waals surface area (Å²) < 4.78 is 5.87. The van der Waals surface area contributed by atoms with E-state index in [-0.39, 0.29) is 6.42 Å². The molecule has 0 aliphatic rings. The summed E-state index contributed by atoms with van der Waals surface area (Å²) in [6.07, 6.45) is 0.211. The van der Waals surface area contributed by atoms with Crippen LogP contribution in [0.5, 0.6) is 5.75 Å². The number of nitrogens with one attached hydrogen (secondary N) is 1. The van der Waals surface area contributed by atoms with E-state index in [0.717, 1.165) is 21.9 Å². The summed E-state index contributed by atoms with van der Waals surface area (Å²) in [5.41, 5.74) is 2.21. The second kappa shape index (κ2) is 10.2. The van der Waals surface area contributed by atoms with Crippen molar-refractivity contribution in [2.75, 3.05) is 0 Å². The maximum Gasteiger partial charge on any atom is 0.326 e. The van der Waals surface area contributed by atoms with Crippen LogP contribution in [0.2, 0.25) is 5.02 Å². The summed E-state index contributed by atoms with van der Waals surface area (Å²) in [5, 5.41) is 14.6. The largest absolute Gasteiger partial charge is 0.489 e. The van der Waals surface area contributed by atoms with Gasteiger partial charge in [-0.2, -0.15) is 0 Å². The zero-order valence-electron chi connectivity index (χ0n) is 17.7. The van der Waals surface area contributed by atoms with Gasteiger partial charge < -0.3 is 15.2 Å². The lowest BCUT2D eigenvalue weighted by atomic mass is 10.0. The van der Waals surface area contributed by atoms with Crippen molar-refractivity contribution in [3.05, 3.63) is 113 Å². The molecule has 4 aromatic carbocycles. The molecular weight excluding hydrogens is 438 g/mol. The monoisotopic (exact) mass is 459 g/mol. The highest BCUT2D eigenvalue weighted by Gasteiger charge is 2.21. The number of carbonyl (C=O) groups excluding carboxylic acids is 1. The van der Waals surface area contributed by atoms with Crippen molar-refractivity contribution in [1.82, 2.24) is 5.32 Å². The van der Waals surface area contributed by atoms with E-state index in [9.17, 15) is 14.7 Å². The molecule has 0 saturated heterocycles. The molecule has 166 valence electrons. The molecule has 0 fully saturated rings. The number of ether oxygens (including phenoxy) is 1. The van der Waals surface area contributed by atoms with Crippen molar-refractivity contribution >= 4 is 34.2 Å². The van der Waals surface area contributed by atoms with Crippen LogP contribution in [0, 0.1) is 0 Å². The van der Waals surface area contributed by atoms with E-state index in [1.165, 1.54) is 0 Å². The van der Waals surface area contributed by atoms with Gasteiger partial charge in [0.15, 0.2) is 0 Å². The minimum absolute atomic E-state index is 0.211. The fourth-order valence-corrected chi connectivity index (χ4v) is 3.75. The van der Waals surface area contributed by atoms with E-state index in [1.807, 2.05) is 78.9 Å². The zero-order chi connectivity index (χ0) is 23.2. The lowest BCUT2D eigenvalue weighted by Gasteiger charge is -2.15. The van der Waals surface area contributed by atoms with Crippen LogP contribution in [0.4, 0.5) is 0 Å². The molecule has 4 rings (SSSR count). The van der Waals surface area contributed by atoms with Gasteiger partial charge in [-0.05, 0) is 58.3 Å². The van der Waals surface area contributed by atoms with Crippen LogP contribution in [-0.2, 0) is 17.8 Å². The number of fused-ring (bicyclic) bond motifs is 1. The van der Waals surface area contributed by atoms with Crippen LogP contribution in [0.15, 0.2) is 91.0 Å². The van der Waals surface area contributed by atoms with E-state index in [4.69, 9.17) is 16.3 Å². The number of carbonyl (C=O) groups is 2. The van der Waals surface area contributed by atoms with Crippen molar-refractivity contribution < 1.29 is 19.4 Å². The van der Waals surface area contributed by atoms with Gasteiger partial charge in [0.25, 0.3) is 5.91 Å². The van der Waals surface area contributed by atoms with Gasteiger partial charge in [0.05, 0.1) is 0 Å². The molecule has 0 aliphatic heterocycles. The topological polar surface area (TPSA) is 75.6 Å². The highest BCUT2D eigenvalue weighted by Crippen LogP contribution is 2.23. The smallest absolute Gasteiger partial charge is 0.326 e. The fourth-order valence-electron chi connectivity index (χ4n) is 3.54. The maximum absolute atomic E-state index is 12.7. The molecule has 4 aromatic rings. The summed E-state index contributed by atoms with van der Waals surface area (Å²) in [4.78, 5) is 24.4. The van der Waals surface area contributed by atoms with Crippen LogP contribution >= 0.6 is 11.6 Å².